The zero-order valence-electron chi connectivity index (χ0n) is 11.5. The number of aromatic nitrogens is 2. The molecule has 0 amide bonds. The van der Waals surface area contributed by atoms with Gasteiger partial charge in [-0.05, 0) is 30.9 Å². The number of aryl methyl sites for hydroxylation is 2. The standard InChI is InChI=1S/C16H17N3O/c1-2-19-10-13(9-18-19)15(20)16(11-17)8-7-12-5-3-4-6-14(12)16/h3-6,9-10,15,20H,2,7-8H2,1H3. The van der Waals surface area contributed by atoms with Crippen LogP contribution in [-0.4, -0.2) is 14.9 Å². The van der Waals surface area contributed by atoms with E-state index in [1.165, 1.54) is 0 Å². The zero-order chi connectivity index (χ0) is 14.2. The molecule has 1 aliphatic carbocycles. The Hall–Kier alpha value is -2.12. The molecule has 0 saturated heterocycles. The van der Waals surface area contributed by atoms with Gasteiger partial charge < -0.3 is 5.11 Å². The molecule has 1 aromatic carbocycles. The topological polar surface area (TPSA) is 61.8 Å². The van der Waals surface area contributed by atoms with E-state index in [2.05, 4.69) is 11.2 Å². The van der Waals surface area contributed by atoms with E-state index in [0.29, 0.717) is 12.0 Å². The summed E-state index contributed by atoms with van der Waals surface area (Å²) in [4.78, 5) is 0. The minimum Gasteiger partial charge on any atom is -0.386 e. The monoisotopic (exact) mass is 267 g/mol. The van der Waals surface area contributed by atoms with E-state index >= 15 is 0 Å². The Morgan fingerprint density at radius 2 is 2.30 bits per heavy atom. The lowest BCUT2D eigenvalue weighted by molar-refractivity contribution is 0.111. The van der Waals surface area contributed by atoms with Crippen molar-refractivity contribution < 1.29 is 5.11 Å². The fraction of sp³-hybridized carbons (Fsp3) is 0.375. The highest BCUT2D eigenvalue weighted by Crippen LogP contribution is 2.46. The molecule has 1 heterocycles. The summed E-state index contributed by atoms with van der Waals surface area (Å²) in [6.07, 6.45) is 4.14. The summed E-state index contributed by atoms with van der Waals surface area (Å²) in [5, 5.41) is 24.7. The number of nitriles is 1. The number of rotatable bonds is 3. The molecule has 2 unspecified atom stereocenters. The van der Waals surface area contributed by atoms with Crippen LogP contribution in [-0.2, 0) is 18.4 Å². The summed E-state index contributed by atoms with van der Waals surface area (Å²) in [6.45, 7) is 2.75. The second kappa shape index (κ2) is 4.77. The van der Waals surface area contributed by atoms with Gasteiger partial charge in [-0.2, -0.15) is 10.4 Å². The predicted molar refractivity (Wildman–Crippen MR) is 74.9 cm³/mol. The lowest BCUT2D eigenvalue weighted by atomic mass is 9.76. The van der Waals surface area contributed by atoms with Crippen LogP contribution in [0.3, 0.4) is 0 Å². The van der Waals surface area contributed by atoms with Gasteiger partial charge in [0, 0.05) is 18.3 Å². The Bertz CT molecular complexity index is 670. The van der Waals surface area contributed by atoms with Crippen molar-refractivity contribution in [3.63, 3.8) is 0 Å². The van der Waals surface area contributed by atoms with Gasteiger partial charge in [0.25, 0.3) is 0 Å². The van der Waals surface area contributed by atoms with E-state index < -0.39 is 11.5 Å². The summed E-state index contributed by atoms with van der Waals surface area (Å²) in [5.41, 5.74) is 1.98. The Morgan fingerprint density at radius 1 is 1.50 bits per heavy atom. The third kappa shape index (κ3) is 1.75. The molecule has 0 saturated carbocycles. The minimum absolute atomic E-state index is 0.654. The lowest BCUT2D eigenvalue weighted by Crippen LogP contribution is -2.29. The van der Waals surface area contributed by atoms with Crippen LogP contribution >= 0.6 is 0 Å². The van der Waals surface area contributed by atoms with Crippen molar-refractivity contribution in [2.75, 3.05) is 0 Å². The Morgan fingerprint density at radius 3 is 3.00 bits per heavy atom. The summed E-state index contributed by atoms with van der Waals surface area (Å²) in [7, 11) is 0. The van der Waals surface area contributed by atoms with Crippen LogP contribution in [0, 0.1) is 11.3 Å². The molecule has 4 nitrogen and oxygen atoms in total. The summed E-state index contributed by atoms with van der Waals surface area (Å²) >= 11 is 0. The highest BCUT2D eigenvalue weighted by molar-refractivity contribution is 5.46. The van der Waals surface area contributed by atoms with Crippen LogP contribution in [0.25, 0.3) is 0 Å². The third-order valence-electron chi connectivity index (χ3n) is 4.25. The highest BCUT2D eigenvalue weighted by atomic mass is 16.3. The first kappa shape index (κ1) is 12.9. The Kier molecular flexibility index (Phi) is 3.07. The maximum atomic E-state index is 10.8. The van der Waals surface area contributed by atoms with Crippen LogP contribution in [0.1, 0.15) is 36.1 Å². The van der Waals surface area contributed by atoms with Crippen molar-refractivity contribution in [2.45, 2.75) is 37.8 Å². The van der Waals surface area contributed by atoms with Crippen LogP contribution < -0.4 is 0 Å². The second-order valence-corrected chi connectivity index (χ2v) is 5.27. The summed E-state index contributed by atoms with van der Waals surface area (Å²) in [5.74, 6) is 0. The molecule has 0 spiro atoms. The zero-order valence-corrected chi connectivity index (χ0v) is 11.5. The highest BCUT2D eigenvalue weighted by Gasteiger charge is 2.46. The maximum absolute atomic E-state index is 10.8. The largest absolute Gasteiger partial charge is 0.386 e. The molecule has 0 aliphatic heterocycles. The Labute approximate surface area is 118 Å². The molecule has 3 rings (SSSR count). The summed E-state index contributed by atoms with van der Waals surface area (Å²) in [6, 6.07) is 10.3. The van der Waals surface area contributed by atoms with Crippen molar-refractivity contribution in [1.29, 1.82) is 5.26 Å². The van der Waals surface area contributed by atoms with Crippen molar-refractivity contribution in [3.05, 3.63) is 53.3 Å². The number of nitrogens with zero attached hydrogens (tertiary/aromatic N) is 3. The van der Waals surface area contributed by atoms with Gasteiger partial charge in [0.15, 0.2) is 0 Å². The molecular weight excluding hydrogens is 250 g/mol. The van der Waals surface area contributed by atoms with Gasteiger partial charge in [-0.15, -0.1) is 0 Å². The molecule has 0 radical (unpaired) electrons. The first-order chi connectivity index (χ1) is 9.71. The van der Waals surface area contributed by atoms with Crippen molar-refractivity contribution in [3.8, 4) is 6.07 Å². The van der Waals surface area contributed by atoms with E-state index in [-0.39, 0.29) is 0 Å². The average molecular weight is 267 g/mol. The molecule has 102 valence electrons. The molecule has 0 fully saturated rings. The molecule has 0 bridgehead atoms. The van der Waals surface area contributed by atoms with E-state index in [1.807, 2.05) is 37.4 Å². The van der Waals surface area contributed by atoms with Gasteiger partial charge in [0.05, 0.1) is 12.3 Å². The molecule has 1 N–H and O–H groups in total. The van der Waals surface area contributed by atoms with Crippen LogP contribution in [0.5, 0.6) is 0 Å². The molecular formula is C16H17N3O. The Balaban J connectivity index is 2.05. The van der Waals surface area contributed by atoms with Crippen LogP contribution in [0.2, 0.25) is 0 Å². The van der Waals surface area contributed by atoms with Crippen molar-refractivity contribution in [2.24, 2.45) is 0 Å². The molecule has 2 atom stereocenters. The van der Waals surface area contributed by atoms with Gasteiger partial charge in [0.1, 0.15) is 11.5 Å². The normalized spacial score (nSPS) is 22.2. The number of hydrogen-bond donors (Lipinski definition) is 1. The SMILES string of the molecule is CCn1cc(C(O)C2(C#N)CCc3ccccc32)cn1. The number of aliphatic hydroxyl groups excluding tert-OH is 1. The van der Waals surface area contributed by atoms with Crippen LogP contribution in [0.15, 0.2) is 36.7 Å². The first-order valence-electron chi connectivity index (χ1n) is 6.91. The van der Waals surface area contributed by atoms with E-state index in [1.54, 1.807) is 10.9 Å². The second-order valence-electron chi connectivity index (χ2n) is 5.27. The van der Waals surface area contributed by atoms with Crippen LogP contribution in [0.4, 0.5) is 0 Å². The van der Waals surface area contributed by atoms with E-state index in [9.17, 15) is 10.4 Å². The molecule has 2 aromatic rings. The van der Waals surface area contributed by atoms with Gasteiger partial charge in [-0.1, -0.05) is 24.3 Å². The number of aliphatic hydroxyl groups is 1. The van der Waals surface area contributed by atoms with Crippen molar-refractivity contribution >= 4 is 0 Å². The van der Waals surface area contributed by atoms with E-state index in [4.69, 9.17) is 0 Å². The van der Waals surface area contributed by atoms with Gasteiger partial charge >= 0.3 is 0 Å². The quantitative estimate of drug-likeness (QED) is 0.928. The van der Waals surface area contributed by atoms with Gasteiger partial charge in [-0.3, -0.25) is 4.68 Å². The fourth-order valence-electron chi connectivity index (χ4n) is 3.08. The van der Waals surface area contributed by atoms with Gasteiger partial charge in [-0.25, -0.2) is 0 Å². The number of hydrogen-bond acceptors (Lipinski definition) is 3. The first-order valence-corrected chi connectivity index (χ1v) is 6.91. The smallest absolute Gasteiger partial charge is 0.113 e. The fourth-order valence-corrected chi connectivity index (χ4v) is 3.08. The third-order valence-corrected chi connectivity index (χ3v) is 4.25. The summed E-state index contributed by atoms with van der Waals surface area (Å²) < 4.78 is 1.77. The predicted octanol–water partition coefficient (Wildman–Crippen LogP) is 2.34. The maximum Gasteiger partial charge on any atom is 0.113 e. The number of benzene rings is 1. The lowest BCUT2D eigenvalue weighted by Gasteiger charge is -2.27. The van der Waals surface area contributed by atoms with Crippen molar-refractivity contribution in [1.82, 2.24) is 9.78 Å². The molecule has 1 aliphatic rings. The average Bonchev–Trinajstić information content (AvgIpc) is 3.12. The number of fused-ring (bicyclic) bond motifs is 1. The van der Waals surface area contributed by atoms with Gasteiger partial charge in [0.2, 0.25) is 0 Å². The van der Waals surface area contributed by atoms with E-state index in [0.717, 1.165) is 24.1 Å². The molecule has 4 heteroatoms. The minimum atomic E-state index is -0.849. The molecule has 1 aromatic heterocycles. The molecule has 20 heavy (non-hydrogen) atoms.